The molecule has 1 aromatic heterocycles. The minimum atomic E-state index is 0.163. The van der Waals surface area contributed by atoms with Gasteiger partial charge in [-0.15, -0.1) is 0 Å². The van der Waals surface area contributed by atoms with Crippen LogP contribution in [0.3, 0.4) is 0 Å². The third-order valence-corrected chi connectivity index (χ3v) is 3.84. The molecule has 0 spiro atoms. The van der Waals surface area contributed by atoms with Crippen molar-refractivity contribution in [2.24, 2.45) is 0 Å². The van der Waals surface area contributed by atoms with E-state index in [2.05, 4.69) is 10.3 Å². The zero-order valence-corrected chi connectivity index (χ0v) is 9.86. The van der Waals surface area contributed by atoms with Gasteiger partial charge in [0.1, 0.15) is 5.00 Å². The summed E-state index contributed by atoms with van der Waals surface area (Å²) < 4.78 is 0. The monoisotopic (exact) mass is 233 g/mol. The molecule has 0 saturated heterocycles. The van der Waals surface area contributed by atoms with Crippen LogP contribution in [-0.4, -0.2) is 34.2 Å². The topological polar surface area (TPSA) is 71.2 Å². The molecule has 0 aliphatic heterocycles. The molecule has 14 heavy (non-hydrogen) atoms. The molecule has 1 heterocycles. The SMILES string of the molecule is CSC(CO)C(C)Nc1ncc(N)s1. The largest absolute Gasteiger partial charge is 0.395 e. The number of aliphatic hydroxyl groups excluding tert-OH is 1. The summed E-state index contributed by atoms with van der Waals surface area (Å²) in [5.74, 6) is 0. The predicted molar refractivity (Wildman–Crippen MR) is 64.0 cm³/mol. The lowest BCUT2D eigenvalue weighted by molar-refractivity contribution is 0.288. The average molecular weight is 233 g/mol. The van der Waals surface area contributed by atoms with E-state index in [9.17, 15) is 0 Å². The molecule has 0 radical (unpaired) electrons. The van der Waals surface area contributed by atoms with Gasteiger partial charge >= 0.3 is 0 Å². The number of thiazole rings is 1. The molecule has 4 N–H and O–H groups in total. The van der Waals surface area contributed by atoms with Crippen LogP contribution in [0.4, 0.5) is 10.1 Å². The molecule has 0 amide bonds. The number of nitrogens with one attached hydrogen (secondary N) is 1. The normalized spacial score (nSPS) is 15.1. The Morgan fingerprint density at radius 2 is 2.50 bits per heavy atom. The summed E-state index contributed by atoms with van der Waals surface area (Å²) in [6.45, 7) is 2.19. The van der Waals surface area contributed by atoms with E-state index in [1.54, 1.807) is 18.0 Å². The minimum absolute atomic E-state index is 0.163. The van der Waals surface area contributed by atoms with Gasteiger partial charge in [-0.2, -0.15) is 11.8 Å². The zero-order chi connectivity index (χ0) is 10.6. The Labute approximate surface area is 91.9 Å². The Balaban J connectivity index is 2.51. The molecule has 0 aliphatic carbocycles. The van der Waals surface area contributed by atoms with Crippen molar-refractivity contribution in [3.05, 3.63) is 6.20 Å². The number of rotatable bonds is 5. The van der Waals surface area contributed by atoms with Crippen LogP contribution in [0.1, 0.15) is 6.92 Å². The van der Waals surface area contributed by atoms with E-state index in [-0.39, 0.29) is 17.9 Å². The summed E-state index contributed by atoms with van der Waals surface area (Å²) in [6, 6.07) is 0.181. The summed E-state index contributed by atoms with van der Waals surface area (Å²) in [4.78, 5) is 4.10. The summed E-state index contributed by atoms with van der Waals surface area (Å²) >= 11 is 3.06. The van der Waals surface area contributed by atoms with Crippen molar-refractivity contribution < 1.29 is 5.11 Å². The smallest absolute Gasteiger partial charge is 0.184 e. The molecule has 1 rings (SSSR count). The molecule has 0 bridgehead atoms. The van der Waals surface area contributed by atoms with E-state index in [4.69, 9.17) is 10.8 Å². The van der Waals surface area contributed by atoms with E-state index in [1.165, 1.54) is 11.3 Å². The predicted octanol–water partition coefficient (Wildman–Crippen LogP) is 1.25. The first-order chi connectivity index (χ1) is 6.67. The number of hydrogen-bond donors (Lipinski definition) is 3. The van der Waals surface area contributed by atoms with Crippen molar-refractivity contribution in [1.29, 1.82) is 0 Å². The van der Waals surface area contributed by atoms with Gasteiger partial charge in [0, 0.05) is 11.3 Å². The first kappa shape index (κ1) is 11.6. The van der Waals surface area contributed by atoms with Gasteiger partial charge in [0.25, 0.3) is 0 Å². The van der Waals surface area contributed by atoms with Crippen molar-refractivity contribution in [2.75, 3.05) is 23.9 Å². The van der Waals surface area contributed by atoms with Crippen LogP contribution in [0.25, 0.3) is 0 Å². The Hall–Kier alpha value is -0.460. The average Bonchev–Trinajstić information content (AvgIpc) is 2.53. The number of nitrogen functional groups attached to an aromatic ring is 1. The lowest BCUT2D eigenvalue weighted by atomic mass is 10.2. The van der Waals surface area contributed by atoms with Gasteiger partial charge in [0.2, 0.25) is 0 Å². The van der Waals surface area contributed by atoms with Crippen LogP contribution in [-0.2, 0) is 0 Å². The molecule has 6 heteroatoms. The maximum absolute atomic E-state index is 9.08. The Morgan fingerprint density at radius 1 is 1.79 bits per heavy atom. The molecule has 2 atom stereocenters. The fraction of sp³-hybridized carbons (Fsp3) is 0.625. The lowest BCUT2D eigenvalue weighted by Crippen LogP contribution is -2.30. The van der Waals surface area contributed by atoms with Crippen LogP contribution in [0, 0.1) is 0 Å². The first-order valence-corrected chi connectivity index (χ1v) is 6.39. The van der Waals surface area contributed by atoms with Crippen molar-refractivity contribution in [3.8, 4) is 0 Å². The lowest BCUT2D eigenvalue weighted by Gasteiger charge is -2.20. The molecule has 2 unspecified atom stereocenters. The second-order valence-electron chi connectivity index (χ2n) is 2.96. The summed E-state index contributed by atoms with van der Waals surface area (Å²) in [6.07, 6.45) is 3.61. The summed E-state index contributed by atoms with van der Waals surface area (Å²) in [7, 11) is 0. The molecule has 0 saturated carbocycles. The molecule has 0 fully saturated rings. The minimum Gasteiger partial charge on any atom is -0.395 e. The highest BCUT2D eigenvalue weighted by atomic mass is 32.2. The Morgan fingerprint density at radius 3 is 2.93 bits per heavy atom. The van der Waals surface area contributed by atoms with Crippen LogP contribution >= 0.6 is 23.1 Å². The molecule has 0 aliphatic rings. The van der Waals surface area contributed by atoms with Crippen LogP contribution in [0.5, 0.6) is 0 Å². The summed E-state index contributed by atoms with van der Waals surface area (Å²) in [5.41, 5.74) is 5.56. The van der Waals surface area contributed by atoms with E-state index >= 15 is 0 Å². The van der Waals surface area contributed by atoms with E-state index in [1.807, 2.05) is 13.2 Å². The maximum Gasteiger partial charge on any atom is 0.184 e. The molecule has 4 nitrogen and oxygen atoms in total. The third-order valence-electron chi connectivity index (χ3n) is 1.92. The van der Waals surface area contributed by atoms with E-state index < -0.39 is 0 Å². The van der Waals surface area contributed by atoms with Crippen molar-refractivity contribution >= 4 is 33.2 Å². The molecule has 80 valence electrons. The van der Waals surface area contributed by atoms with Crippen LogP contribution in [0.2, 0.25) is 0 Å². The number of hydrogen-bond acceptors (Lipinski definition) is 6. The number of nitrogens with two attached hydrogens (primary N) is 1. The number of thioether (sulfide) groups is 1. The standard InChI is InChI=1S/C8H15N3OS2/c1-5(6(4-12)13-2)11-8-10-3-7(9)14-8/h3,5-6,12H,4,9H2,1-2H3,(H,10,11). The molecule has 1 aromatic rings. The second kappa shape index (κ2) is 5.43. The molecule has 0 aromatic carbocycles. The van der Waals surface area contributed by atoms with E-state index in [0.29, 0.717) is 5.00 Å². The van der Waals surface area contributed by atoms with Gasteiger partial charge in [-0.1, -0.05) is 11.3 Å². The number of aromatic nitrogens is 1. The quantitative estimate of drug-likeness (QED) is 0.714. The van der Waals surface area contributed by atoms with Crippen LogP contribution in [0.15, 0.2) is 6.20 Å². The second-order valence-corrected chi connectivity index (χ2v) is 5.10. The first-order valence-electron chi connectivity index (χ1n) is 4.29. The Bertz CT molecular complexity index is 275. The van der Waals surface area contributed by atoms with Gasteiger partial charge in [0.05, 0.1) is 12.8 Å². The van der Waals surface area contributed by atoms with Crippen molar-refractivity contribution in [2.45, 2.75) is 18.2 Å². The highest BCUT2D eigenvalue weighted by Gasteiger charge is 2.15. The van der Waals surface area contributed by atoms with Crippen LogP contribution < -0.4 is 11.1 Å². The van der Waals surface area contributed by atoms with Gasteiger partial charge in [-0.05, 0) is 13.2 Å². The van der Waals surface area contributed by atoms with Gasteiger partial charge < -0.3 is 16.2 Å². The Kier molecular flexibility index (Phi) is 4.50. The van der Waals surface area contributed by atoms with Crippen molar-refractivity contribution in [1.82, 2.24) is 4.98 Å². The van der Waals surface area contributed by atoms with Gasteiger partial charge in [-0.25, -0.2) is 4.98 Å². The highest BCUT2D eigenvalue weighted by molar-refractivity contribution is 7.99. The highest BCUT2D eigenvalue weighted by Crippen LogP contribution is 2.22. The molecular formula is C8H15N3OS2. The number of nitrogens with zero attached hydrogens (tertiary/aromatic N) is 1. The third kappa shape index (κ3) is 3.04. The van der Waals surface area contributed by atoms with Gasteiger partial charge in [0.15, 0.2) is 5.13 Å². The molecular weight excluding hydrogens is 218 g/mol. The van der Waals surface area contributed by atoms with Gasteiger partial charge in [-0.3, -0.25) is 0 Å². The van der Waals surface area contributed by atoms with E-state index in [0.717, 1.165) is 5.13 Å². The maximum atomic E-state index is 9.08. The fourth-order valence-corrected chi connectivity index (χ4v) is 2.38. The number of anilines is 2. The number of aliphatic hydroxyl groups is 1. The zero-order valence-electron chi connectivity index (χ0n) is 8.23. The van der Waals surface area contributed by atoms with Crippen molar-refractivity contribution in [3.63, 3.8) is 0 Å². The summed E-state index contributed by atoms with van der Waals surface area (Å²) in [5, 5.41) is 14.0. The fourth-order valence-electron chi connectivity index (χ4n) is 1.08.